The third kappa shape index (κ3) is 1.85. The molecule has 2 aromatic heterocycles. The monoisotopic (exact) mass is 229 g/mol. The molecule has 17 heavy (non-hydrogen) atoms. The van der Waals surface area contributed by atoms with E-state index in [1.807, 2.05) is 0 Å². The van der Waals surface area contributed by atoms with Crippen LogP contribution in [0.15, 0.2) is 59.5 Å². The molecular weight excluding hydrogens is 219 g/mol. The Balaban J connectivity index is 2.05. The van der Waals surface area contributed by atoms with Gasteiger partial charge in [-0.2, -0.15) is 5.10 Å². The summed E-state index contributed by atoms with van der Waals surface area (Å²) in [6.45, 7) is 0. The van der Waals surface area contributed by atoms with E-state index < -0.39 is 0 Å². The van der Waals surface area contributed by atoms with Crippen molar-refractivity contribution < 1.29 is 10.2 Å². The zero-order valence-corrected chi connectivity index (χ0v) is 8.80. The molecule has 3 aromatic rings. The van der Waals surface area contributed by atoms with Gasteiger partial charge in [-0.3, -0.25) is 0 Å². The minimum Gasteiger partial charge on any atom is -0.472 e. The minimum absolute atomic E-state index is 0.292. The summed E-state index contributed by atoms with van der Waals surface area (Å²) in [5.74, 6) is -0.299. The Kier molecular flexibility index (Phi) is 2.01. The number of furan rings is 1. The Morgan fingerprint density at radius 2 is 2.06 bits per heavy atom. The molecule has 0 aliphatic rings. The molecule has 84 valence electrons. The fraction of sp³-hybridized carbons (Fsp3) is 0. The Hall–Kier alpha value is -2.36. The zero-order valence-electron chi connectivity index (χ0n) is 9.80. The molecule has 3 rings (SSSR count). The van der Waals surface area contributed by atoms with Crippen LogP contribution in [0, 0.1) is 5.82 Å². The van der Waals surface area contributed by atoms with E-state index in [4.69, 9.17) is 5.79 Å². The summed E-state index contributed by atoms with van der Waals surface area (Å²) in [4.78, 5) is 0. The van der Waals surface area contributed by atoms with Gasteiger partial charge in [0.25, 0.3) is 0 Å². The lowest BCUT2D eigenvalue weighted by molar-refractivity contribution is 0.568. The Morgan fingerprint density at radius 3 is 2.76 bits per heavy atom. The van der Waals surface area contributed by atoms with Crippen LogP contribution in [0.2, 0.25) is 0 Å². The van der Waals surface area contributed by atoms with Crippen molar-refractivity contribution in [3.63, 3.8) is 0 Å². The lowest BCUT2D eigenvalue weighted by atomic mass is 10.2. The van der Waals surface area contributed by atoms with E-state index in [9.17, 15) is 4.39 Å². The van der Waals surface area contributed by atoms with Crippen LogP contribution in [0.3, 0.4) is 0 Å². The second kappa shape index (κ2) is 3.90. The van der Waals surface area contributed by atoms with Crippen LogP contribution in [-0.2, 0) is 0 Å². The predicted molar refractivity (Wildman–Crippen MR) is 61.2 cm³/mol. The van der Waals surface area contributed by atoms with Gasteiger partial charge in [0, 0.05) is 11.8 Å². The first kappa shape index (κ1) is 8.75. The summed E-state index contributed by atoms with van der Waals surface area (Å²) in [5, 5.41) is 4.30. The number of halogens is 1. The molecule has 4 heteroatoms. The number of nitrogens with zero attached hydrogens (tertiary/aromatic N) is 2. The average Bonchev–Trinajstić information content (AvgIpc) is 2.99. The van der Waals surface area contributed by atoms with E-state index in [0.29, 0.717) is 17.4 Å². The molecule has 0 N–H and O–H groups in total. The minimum atomic E-state index is -0.299. The maximum Gasteiger partial charge on any atom is 0.123 e. The third-order valence-corrected chi connectivity index (χ3v) is 2.42. The van der Waals surface area contributed by atoms with Crippen molar-refractivity contribution in [3.05, 3.63) is 60.9 Å². The van der Waals surface area contributed by atoms with Gasteiger partial charge in [-0.05, 0) is 36.4 Å². The summed E-state index contributed by atoms with van der Waals surface area (Å²) in [7, 11) is 0. The Bertz CT molecular complexity index is 659. The highest BCUT2D eigenvalue weighted by atomic mass is 19.1. The first-order valence-electron chi connectivity index (χ1n) is 5.59. The number of rotatable bonds is 2. The van der Waals surface area contributed by atoms with Crippen molar-refractivity contribution >= 4 is 0 Å². The maximum atomic E-state index is 12.8. The van der Waals surface area contributed by atoms with Gasteiger partial charge >= 0.3 is 0 Å². The first-order valence-corrected chi connectivity index (χ1v) is 5.09. The fourth-order valence-corrected chi connectivity index (χ4v) is 1.55. The summed E-state index contributed by atoms with van der Waals surface area (Å²) in [6, 6.07) is 7.98. The van der Waals surface area contributed by atoms with Gasteiger partial charge in [0.1, 0.15) is 5.82 Å². The highest BCUT2D eigenvalue weighted by molar-refractivity contribution is 5.57. The third-order valence-electron chi connectivity index (χ3n) is 2.42. The van der Waals surface area contributed by atoms with Crippen LogP contribution < -0.4 is 0 Å². The van der Waals surface area contributed by atoms with Gasteiger partial charge < -0.3 is 4.42 Å². The molecule has 0 bridgehead atoms. The van der Waals surface area contributed by atoms with E-state index in [0.717, 1.165) is 5.56 Å². The highest BCUT2D eigenvalue weighted by Crippen LogP contribution is 2.18. The van der Waals surface area contributed by atoms with Gasteiger partial charge in [-0.1, -0.05) is 0 Å². The van der Waals surface area contributed by atoms with E-state index in [1.54, 1.807) is 29.1 Å². The second-order valence-corrected chi connectivity index (χ2v) is 3.56. The van der Waals surface area contributed by atoms with Crippen molar-refractivity contribution in [3.8, 4) is 16.9 Å². The molecule has 0 saturated heterocycles. The first-order chi connectivity index (χ1) is 8.74. The van der Waals surface area contributed by atoms with Crippen molar-refractivity contribution in [1.29, 1.82) is 0 Å². The summed E-state index contributed by atoms with van der Waals surface area (Å²) in [6.07, 6.45) is 4.65. The largest absolute Gasteiger partial charge is 0.472 e. The topological polar surface area (TPSA) is 31.0 Å². The summed E-state index contributed by atoms with van der Waals surface area (Å²) in [5.41, 5.74) is 1.99. The van der Waals surface area contributed by atoms with E-state index in [-0.39, 0.29) is 5.82 Å². The molecule has 3 nitrogen and oxygen atoms in total. The molecule has 1 aromatic carbocycles. The Labute approximate surface area is 98.5 Å². The molecule has 2 heterocycles. The molecule has 0 atom stereocenters. The molecule has 0 aliphatic carbocycles. The Morgan fingerprint density at radius 1 is 1.24 bits per heavy atom. The number of benzene rings is 1. The lowest BCUT2D eigenvalue weighted by Gasteiger charge is -1.99. The van der Waals surface area contributed by atoms with E-state index in [1.165, 1.54) is 24.7 Å². The van der Waals surface area contributed by atoms with Crippen LogP contribution in [0.25, 0.3) is 16.9 Å². The predicted octanol–water partition coefficient (Wildman–Crippen LogP) is 3.27. The lowest BCUT2D eigenvalue weighted by Crippen LogP contribution is -1.94. The van der Waals surface area contributed by atoms with E-state index in [2.05, 4.69) is 5.10 Å². The summed E-state index contributed by atoms with van der Waals surface area (Å²) < 4.78 is 27.2. The molecule has 0 unspecified atom stereocenters. The molecule has 0 amide bonds. The normalized spacial score (nSPS) is 11.5. The van der Waals surface area contributed by atoms with Crippen molar-refractivity contribution in [2.24, 2.45) is 0 Å². The van der Waals surface area contributed by atoms with Gasteiger partial charge in [0.15, 0.2) is 0 Å². The molecule has 0 aliphatic heterocycles. The highest BCUT2D eigenvalue weighted by Gasteiger charge is 2.04. The van der Waals surface area contributed by atoms with Gasteiger partial charge in [-0.15, -0.1) is 0 Å². The smallest absolute Gasteiger partial charge is 0.123 e. The summed E-state index contributed by atoms with van der Waals surface area (Å²) >= 11 is 0. The average molecular weight is 229 g/mol. The standard InChI is InChI=1S/C13H9FN2O/c14-11-1-3-12(4-2-11)16-7-5-13(15-16)10-6-8-17-9-10/h1-9H/i5D. The van der Waals surface area contributed by atoms with Crippen LogP contribution in [0.4, 0.5) is 4.39 Å². The van der Waals surface area contributed by atoms with Crippen molar-refractivity contribution in [2.45, 2.75) is 0 Å². The molecule has 0 fully saturated rings. The van der Waals surface area contributed by atoms with Crippen LogP contribution >= 0.6 is 0 Å². The molecule has 0 saturated carbocycles. The van der Waals surface area contributed by atoms with Crippen LogP contribution in [-0.4, -0.2) is 9.78 Å². The zero-order chi connectivity index (χ0) is 12.5. The van der Waals surface area contributed by atoms with Crippen molar-refractivity contribution in [2.75, 3.05) is 0 Å². The molecule has 0 spiro atoms. The van der Waals surface area contributed by atoms with Gasteiger partial charge in [-0.25, -0.2) is 9.07 Å². The van der Waals surface area contributed by atoms with Crippen LogP contribution in [0.1, 0.15) is 1.37 Å². The quantitative estimate of drug-likeness (QED) is 0.675. The number of hydrogen-bond donors (Lipinski definition) is 0. The fourth-order valence-electron chi connectivity index (χ4n) is 1.55. The molecule has 0 radical (unpaired) electrons. The van der Waals surface area contributed by atoms with Gasteiger partial charge in [0.2, 0.25) is 0 Å². The second-order valence-electron chi connectivity index (χ2n) is 3.56. The van der Waals surface area contributed by atoms with Gasteiger partial charge in [0.05, 0.1) is 25.3 Å². The number of hydrogen-bond acceptors (Lipinski definition) is 2. The SMILES string of the molecule is [2H]c1cn(-c2ccc(F)cc2)nc1-c1ccoc1. The maximum absolute atomic E-state index is 12.8. The molecular formula is C13H9FN2O. The van der Waals surface area contributed by atoms with E-state index >= 15 is 0 Å². The number of aromatic nitrogens is 2. The van der Waals surface area contributed by atoms with Crippen molar-refractivity contribution in [1.82, 2.24) is 9.78 Å². The van der Waals surface area contributed by atoms with Crippen LogP contribution in [0.5, 0.6) is 0 Å².